The summed E-state index contributed by atoms with van der Waals surface area (Å²) in [6.07, 6.45) is 6.91. The Bertz CT molecular complexity index is 1490. The first kappa shape index (κ1) is 22.1. The molecule has 1 unspecified atom stereocenters. The number of hydrogen-bond donors (Lipinski definition) is 1. The molecule has 2 aliphatic rings. The normalized spacial score (nSPS) is 16.2. The van der Waals surface area contributed by atoms with Crippen LogP contribution in [0.25, 0.3) is 28.3 Å². The second-order valence-electron chi connectivity index (χ2n) is 9.68. The number of likely N-dealkylation sites (tertiary alicyclic amines) is 1. The fourth-order valence-corrected chi connectivity index (χ4v) is 5.17. The number of benzene rings is 2. The number of likely N-dealkylation sites (N-methyl/N-ethyl adjacent to an activating group) is 1. The van der Waals surface area contributed by atoms with E-state index in [1.807, 2.05) is 47.6 Å². The van der Waals surface area contributed by atoms with Crippen molar-refractivity contribution in [1.82, 2.24) is 23.9 Å². The van der Waals surface area contributed by atoms with Crippen LogP contribution in [-0.2, 0) is 6.54 Å². The van der Waals surface area contributed by atoms with Crippen LogP contribution in [0.1, 0.15) is 17.5 Å². The van der Waals surface area contributed by atoms with Crippen molar-refractivity contribution in [3.63, 3.8) is 0 Å². The van der Waals surface area contributed by atoms with E-state index in [-0.39, 0.29) is 6.03 Å². The van der Waals surface area contributed by atoms with Crippen molar-refractivity contribution in [3.8, 4) is 34.4 Å². The summed E-state index contributed by atoms with van der Waals surface area (Å²) in [5.74, 6) is 0.872. The fourth-order valence-electron chi connectivity index (χ4n) is 5.17. The lowest BCUT2D eigenvalue weighted by Crippen LogP contribution is -2.36. The molecule has 4 aromatic rings. The number of anilines is 1. The quantitative estimate of drug-likeness (QED) is 0.417. The van der Waals surface area contributed by atoms with Gasteiger partial charge in [-0.25, -0.2) is 9.78 Å². The first-order valence-corrected chi connectivity index (χ1v) is 12.1. The van der Waals surface area contributed by atoms with Gasteiger partial charge in [0.25, 0.3) is 0 Å². The molecule has 0 spiro atoms. The van der Waals surface area contributed by atoms with Gasteiger partial charge in [-0.2, -0.15) is 5.26 Å². The molecule has 1 fully saturated rings. The maximum absolute atomic E-state index is 12.9. The van der Waals surface area contributed by atoms with E-state index in [9.17, 15) is 4.79 Å². The summed E-state index contributed by atoms with van der Waals surface area (Å²) in [6.45, 7) is 2.16. The van der Waals surface area contributed by atoms with Gasteiger partial charge in [-0.3, -0.25) is 4.57 Å². The SMILES string of the molecule is CN(C)C1CCN(C(=O)Nc2ccc3c(c2)Cn2cc(-c4ccc(C#N)cc4)cc2-c2nccn2-3)C1. The van der Waals surface area contributed by atoms with Crippen LogP contribution in [0.3, 0.4) is 0 Å². The highest BCUT2D eigenvalue weighted by Gasteiger charge is 2.28. The van der Waals surface area contributed by atoms with Crippen molar-refractivity contribution in [1.29, 1.82) is 5.26 Å². The number of amides is 2. The Balaban J connectivity index is 1.31. The minimum atomic E-state index is -0.0546. The van der Waals surface area contributed by atoms with Gasteiger partial charge < -0.3 is 19.7 Å². The molecule has 180 valence electrons. The zero-order chi connectivity index (χ0) is 24.8. The largest absolute Gasteiger partial charge is 0.340 e. The molecule has 0 bridgehead atoms. The van der Waals surface area contributed by atoms with Gasteiger partial charge in [-0.05, 0) is 68.0 Å². The number of nitriles is 1. The van der Waals surface area contributed by atoms with Crippen molar-refractivity contribution in [3.05, 3.63) is 78.2 Å². The molecule has 0 radical (unpaired) electrons. The Labute approximate surface area is 210 Å². The summed E-state index contributed by atoms with van der Waals surface area (Å²) in [5, 5.41) is 12.2. The zero-order valence-electron chi connectivity index (χ0n) is 20.3. The third kappa shape index (κ3) is 3.84. The Morgan fingerprint density at radius 1 is 1.14 bits per heavy atom. The number of carbonyl (C=O) groups is 1. The summed E-state index contributed by atoms with van der Waals surface area (Å²) in [5.41, 5.74) is 6.73. The predicted molar refractivity (Wildman–Crippen MR) is 139 cm³/mol. The lowest BCUT2D eigenvalue weighted by molar-refractivity contribution is 0.216. The van der Waals surface area contributed by atoms with Gasteiger partial charge in [0.15, 0.2) is 5.82 Å². The zero-order valence-corrected chi connectivity index (χ0v) is 20.3. The molecule has 2 aromatic carbocycles. The second kappa shape index (κ2) is 8.70. The summed E-state index contributed by atoms with van der Waals surface area (Å²) in [7, 11) is 4.12. The lowest BCUT2D eigenvalue weighted by atomic mass is 10.1. The average Bonchev–Trinajstić information content (AvgIpc) is 3.63. The molecule has 6 rings (SSSR count). The maximum atomic E-state index is 12.9. The molecular weight excluding hydrogens is 450 g/mol. The summed E-state index contributed by atoms with van der Waals surface area (Å²) >= 11 is 0. The number of urea groups is 1. The van der Waals surface area contributed by atoms with Gasteiger partial charge in [0.1, 0.15) is 0 Å². The molecule has 1 atom stereocenters. The molecule has 0 aliphatic carbocycles. The molecule has 8 nitrogen and oxygen atoms in total. The van der Waals surface area contributed by atoms with E-state index in [0.717, 1.165) is 59.1 Å². The van der Waals surface area contributed by atoms with E-state index < -0.39 is 0 Å². The standard InChI is InChI=1S/C28H27N7O/c1-32(2)24-9-11-33(18-24)28(36)31-23-7-8-25-22(13-23)17-34-16-21(20-5-3-19(15-29)4-6-20)14-26(34)27-30-10-12-35(25)27/h3-8,10,12-14,16,24H,9,11,17-18H2,1-2H3,(H,31,36). The molecular formula is C28H27N7O. The highest BCUT2D eigenvalue weighted by atomic mass is 16.2. The lowest BCUT2D eigenvalue weighted by Gasteiger charge is -2.21. The third-order valence-electron chi connectivity index (χ3n) is 7.23. The van der Waals surface area contributed by atoms with Crippen molar-refractivity contribution in [2.45, 2.75) is 19.0 Å². The van der Waals surface area contributed by atoms with E-state index in [0.29, 0.717) is 18.2 Å². The first-order valence-electron chi connectivity index (χ1n) is 12.1. The third-order valence-corrected chi connectivity index (χ3v) is 7.23. The molecule has 1 saturated heterocycles. The van der Waals surface area contributed by atoms with Crippen LogP contribution in [-0.4, -0.2) is 63.2 Å². The monoisotopic (exact) mass is 477 g/mol. The van der Waals surface area contributed by atoms with E-state index in [2.05, 4.69) is 68.9 Å². The predicted octanol–water partition coefficient (Wildman–Crippen LogP) is 4.41. The number of imidazole rings is 1. The highest BCUT2D eigenvalue weighted by Crippen LogP contribution is 2.35. The maximum Gasteiger partial charge on any atom is 0.321 e. The molecule has 2 aromatic heterocycles. The summed E-state index contributed by atoms with van der Waals surface area (Å²) in [6, 6.07) is 18.4. The van der Waals surface area contributed by atoms with E-state index in [1.165, 1.54) is 0 Å². The van der Waals surface area contributed by atoms with Crippen molar-refractivity contribution in [2.75, 3.05) is 32.5 Å². The Hall–Kier alpha value is -4.35. The van der Waals surface area contributed by atoms with E-state index in [4.69, 9.17) is 5.26 Å². The topological polar surface area (TPSA) is 82.1 Å². The minimum Gasteiger partial charge on any atom is -0.340 e. The fraction of sp³-hybridized carbons (Fsp3) is 0.250. The minimum absolute atomic E-state index is 0.0546. The molecule has 2 aliphatic heterocycles. The van der Waals surface area contributed by atoms with Crippen LogP contribution in [0, 0.1) is 11.3 Å². The smallest absolute Gasteiger partial charge is 0.321 e. The van der Waals surface area contributed by atoms with Gasteiger partial charge in [0.2, 0.25) is 0 Å². The number of aromatic nitrogens is 3. The second-order valence-corrected chi connectivity index (χ2v) is 9.68. The molecule has 2 amide bonds. The Morgan fingerprint density at radius 3 is 2.72 bits per heavy atom. The molecule has 8 heteroatoms. The first-order chi connectivity index (χ1) is 17.5. The number of carbonyl (C=O) groups excluding carboxylic acids is 1. The van der Waals surface area contributed by atoms with Crippen LogP contribution in [0.15, 0.2) is 67.1 Å². The van der Waals surface area contributed by atoms with Gasteiger partial charge in [-0.1, -0.05) is 12.1 Å². The van der Waals surface area contributed by atoms with Crippen LogP contribution < -0.4 is 5.32 Å². The summed E-state index contributed by atoms with van der Waals surface area (Å²) in [4.78, 5) is 21.7. The molecule has 0 saturated carbocycles. The van der Waals surface area contributed by atoms with E-state index >= 15 is 0 Å². The molecule has 1 N–H and O–H groups in total. The molecule has 36 heavy (non-hydrogen) atoms. The van der Waals surface area contributed by atoms with Gasteiger partial charge in [-0.15, -0.1) is 0 Å². The number of nitrogens with one attached hydrogen (secondary N) is 1. The Kier molecular flexibility index (Phi) is 5.35. The van der Waals surface area contributed by atoms with Crippen LogP contribution >= 0.6 is 0 Å². The number of rotatable bonds is 3. The van der Waals surface area contributed by atoms with Crippen LogP contribution in [0.5, 0.6) is 0 Å². The van der Waals surface area contributed by atoms with Gasteiger partial charge in [0.05, 0.1) is 23.0 Å². The number of nitrogens with zero attached hydrogens (tertiary/aromatic N) is 6. The van der Waals surface area contributed by atoms with Crippen molar-refractivity contribution < 1.29 is 4.79 Å². The van der Waals surface area contributed by atoms with E-state index in [1.54, 1.807) is 0 Å². The van der Waals surface area contributed by atoms with Gasteiger partial charge in [0, 0.05) is 55.5 Å². The number of hydrogen-bond acceptors (Lipinski definition) is 4. The Morgan fingerprint density at radius 2 is 1.97 bits per heavy atom. The summed E-state index contributed by atoms with van der Waals surface area (Å²) < 4.78 is 4.30. The number of fused-ring (bicyclic) bond motifs is 5. The van der Waals surface area contributed by atoms with Crippen molar-refractivity contribution in [2.24, 2.45) is 0 Å². The van der Waals surface area contributed by atoms with Crippen LogP contribution in [0.4, 0.5) is 10.5 Å². The van der Waals surface area contributed by atoms with Gasteiger partial charge >= 0.3 is 6.03 Å². The average molecular weight is 478 g/mol. The van der Waals surface area contributed by atoms with Crippen LogP contribution in [0.2, 0.25) is 0 Å². The van der Waals surface area contributed by atoms with Crippen molar-refractivity contribution >= 4 is 11.7 Å². The highest BCUT2D eigenvalue weighted by molar-refractivity contribution is 5.90. The molecule has 4 heterocycles.